The van der Waals surface area contributed by atoms with Crippen LogP contribution in [-0.4, -0.2) is 42.7 Å². The van der Waals surface area contributed by atoms with E-state index in [4.69, 9.17) is 5.73 Å². The van der Waals surface area contributed by atoms with Gasteiger partial charge in [-0.25, -0.2) is 0 Å². The molecule has 0 atom stereocenters. The number of nitrogens with one attached hydrogen (secondary N) is 1. The second kappa shape index (κ2) is 6.56. The summed E-state index contributed by atoms with van der Waals surface area (Å²) in [6.45, 7) is 3.30. The standard InChI is InChI=1S/C18H16F5N7O/c1-16(2)10-12(24)26-15(28-13(10)27-14(16)31)30-9-4-3-7-25-11(9)8(29-30)5-6-17(19,20)18(21,22)23/h3-4,7H,5-6H2,1-2H3,(H3,24,26,27,28,31). The van der Waals surface area contributed by atoms with Crippen LogP contribution >= 0.6 is 0 Å². The first kappa shape index (κ1) is 20.9. The highest BCUT2D eigenvalue weighted by molar-refractivity contribution is 6.06. The Morgan fingerprint density at radius 2 is 1.90 bits per heavy atom. The number of nitrogens with zero attached hydrogens (tertiary/aromatic N) is 5. The van der Waals surface area contributed by atoms with Gasteiger partial charge in [-0.15, -0.1) is 0 Å². The van der Waals surface area contributed by atoms with Crippen LogP contribution in [0.1, 0.15) is 31.5 Å². The molecule has 0 saturated carbocycles. The van der Waals surface area contributed by atoms with E-state index in [1.165, 1.54) is 18.3 Å². The summed E-state index contributed by atoms with van der Waals surface area (Å²) in [6, 6.07) is 3.08. The van der Waals surface area contributed by atoms with Crippen molar-refractivity contribution >= 4 is 28.6 Å². The molecule has 4 heterocycles. The Kier molecular flexibility index (Phi) is 4.42. The zero-order chi connectivity index (χ0) is 22.8. The molecule has 8 nitrogen and oxygen atoms in total. The van der Waals surface area contributed by atoms with E-state index in [-0.39, 0.29) is 40.2 Å². The first-order chi connectivity index (χ1) is 14.3. The van der Waals surface area contributed by atoms with Crippen molar-refractivity contribution in [3.05, 3.63) is 29.6 Å². The van der Waals surface area contributed by atoms with Gasteiger partial charge in [0.05, 0.1) is 22.2 Å². The lowest BCUT2D eigenvalue weighted by Gasteiger charge is -2.18. The van der Waals surface area contributed by atoms with E-state index < -0.39 is 30.4 Å². The smallest absolute Gasteiger partial charge is 0.383 e. The number of hydrogen-bond donors (Lipinski definition) is 2. The molecule has 13 heteroatoms. The Morgan fingerprint density at radius 1 is 1.19 bits per heavy atom. The summed E-state index contributed by atoms with van der Waals surface area (Å²) in [5.74, 6) is -5.09. The largest absolute Gasteiger partial charge is 0.453 e. The van der Waals surface area contributed by atoms with E-state index in [1.54, 1.807) is 13.8 Å². The van der Waals surface area contributed by atoms with Gasteiger partial charge in [-0.1, -0.05) is 0 Å². The number of rotatable bonds is 4. The fraction of sp³-hybridized carbons (Fsp3) is 0.389. The molecule has 0 fully saturated rings. The van der Waals surface area contributed by atoms with Crippen LogP contribution in [0.5, 0.6) is 0 Å². The number of hydrogen-bond acceptors (Lipinski definition) is 6. The normalized spacial score (nSPS) is 15.9. The number of amides is 1. The number of anilines is 2. The quantitative estimate of drug-likeness (QED) is 0.602. The van der Waals surface area contributed by atoms with Crippen molar-refractivity contribution < 1.29 is 26.7 Å². The van der Waals surface area contributed by atoms with E-state index in [9.17, 15) is 26.7 Å². The second-order valence-corrected chi connectivity index (χ2v) is 7.64. The molecule has 3 N–H and O–H groups in total. The third-order valence-electron chi connectivity index (χ3n) is 5.14. The Bertz CT molecular complexity index is 1200. The van der Waals surface area contributed by atoms with Gasteiger partial charge in [-0.05, 0) is 32.4 Å². The van der Waals surface area contributed by atoms with Crippen LogP contribution in [0.4, 0.5) is 33.6 Å². The first-order valence-corrected chi connectivity index (χ1v) is 9.10. The van der Waals surface area contributed by atoms with Gasteiger partial charge in [-0.2, -0.15) is 41.7 Å². The number of carbonyl (C=O) groups excluding carboxylic acids is 1. The van der Waals surface area contributed by atoms with Gasteiger partial charge in [0.25, 0.3) is 5.95 Å². The van der Waals surface area contributed by atoms with Gasteiger partial charge >= 0.3 is 12.1 Å². The summed E-state index contributed by atoms with van der Waals surface area (Å²) in [5.41, 5.74) is 5.83. The molecule has 1 aliphatic heterocycles. The van der Waals surface area contributed by atoms with Crippen molar-refractivity contribution in [3.8, 4) is 5.95 Å². The molecule has 0 aromatic carbocycles. The number of aryl methyl sites for hydroxylation is 1. The molecule has 3 aromatic heterocycles. The number of carbonyl (C=O) groups is 1. The summed E-state index contributed by atoms with van der Waals surface area (Å²) in [7, 11) is 0. The zero-order valence-electron chi connectivity index (χ0n) is 16.3. The minimum absolute atomic E-state index is 0.0149. The first-order valence-electron chi connectivity index (χ1n) is 9.10. The number of halogens is 5. The van der Waals surface area contributed by atoms with Crippen molar-refractivity contribution in [2.45, 2.75) is 44.2 Å². The molecule has 0 radical (unpaired) electrons. The topological polar surface area (TPSA) is 112 Å². The number of fused-ring (bicyclic) bond motifs is 2. The fourth-order valence-electron chi connectivity index (χ4n) is 3.39. The van der Waals surface area contributed by atoms with Gasteiger partial charge in [0.2, 0.25) is 5.91 Å². The van der Waals surface area contributed by atoms with Crippen molar-refractivity contribution in [2.75, 3.05) is 11.1 Å². The Balaban J connectivity index is 1.78. The number of pyridine rings is 1. The number of alkyl halides is 5. The number of nitrogens with two attached hydrogens (primary N) is 1. The molecule has 0 saturated heterocycles. The predicted molar refractivity (Wildman–Crippen MR) is 99.8 cm³/mol. The molecule has 1 amide bonds. The van der Waals surface area contributed by atoms with E-state index in [0.717, 1.165) is 4.68 Å². The lowest BCUT2D eigenvalue weighted by atomic mass is 9.87. The SMILES string of the molecule is CC1(C)C(=O)Nc2nc(-n3nc(CCC(F)(F)C(F)(F)F)c4ncccc43)nc(N)c21. The average molecular weight is 441 g/mol. The molecular formula is C18H16F5N7O. The molecule has 0 unspecified atom stereocenters. The fourth-order valence-corrected chi connectivity index (χ4v) is 3.39. The molecular weight excluding hydrogens is 425 g/mol. The molecule has 3 aromatic rings. The predicted octanol–water partition coefficient (Wildman–Crippen LogP) is 3.15. The van der Waals surface area contributed by atoms with Crippen LogP contribution in [-0.2, 0) is 16.6 Å². The second-order valence-electron chi connectivity index (χ2n) is 7.64. The van der Waals surface area contributed by atoms with Crippen LogP contribution in [0.15, 0.2) is 18.3 Å². The highest BCUT2D eigenvalue weighted by Gasteiger charge is 2.56. The van der Waals surface area contributed by atoms with E-state index in [2.05, 4.69) is 25.4 Å². The van der Waals surface area contributed by atoms with Crippen LogP contribution in [0.3, 0.4) is 0 Å². The third kappa shape index (κ3) is 3.24. The van der Waals surface area contributed by atoms with Gasteiger partial charge in [0.15, 0.2) is 0 Å². The van der Waals surface area contributed by atoms with Gasteiger partial charge in [0, 0.05) is 12.6 Å². The van der Waals surface area contributed by atoms with Gasteiger partial charge in [0.1, 0.15) is 17.2 Å². The van der Waals surface area contributed by atoms with Crippen LogP contribution < -0.4 is 11.1 Å². The van der Waals surface area contributed by atoms with E-state index in [1.807, 2.05) is 0 Å². The maximum Gasteiger partial charge on any atom is 0.453 e. The lowest BCUT2D eigenvalue weighted by molar-refractivity contribution is -0.284. The highest BCUT2D eigenvalue weighted by Crippen LogP contribution is 2.40. The summed E-state index contributed by atoms with van der Waals surface area (Å²) < 4.78 is 65.5. The zero-order valence-corrected chi connectivity index (χ0v) is 16.3. The highest BCUT2D eigenvalue weighted by atomic mass is 19.4. The summed E-state index contributed by atoms with van der Waals surface area (Å²) in [4.78, 5) is 24.7. The molecule has 31 heavy (non-hydrogen) atoms. The third-order valence-corrected chi connectivity index (χ3v) is 5.14. The lowest BCUT2D eigenvalue weighted by Crippen LogP contribution is -2.36. The minimum Gasteiger partial charge on any atom is -0.383 e. The summed E-state index contributed by atoms with van der Waals surface area (Å²) in [5, 5.41) is 6.73. The molecule has 4 rings (SSSR count). The monoisotopic (exact) mass is 441 g/mol. The van der Waals surface area contributed by atoms with Crippen molar-refractivity contribution in [1.29, 1.82) is 0 Å². The Morgan fingerprint density at radius 3 is 2.58 bits per heavy atom. The van der Waals surface area contributed by atoms with E-state index >= 15 is 0 Å². The number of aromatic nitrogens is 5. The number of nitrogen functional groups attached to an aromatic ring is 1. The van der Waals surface area contributed by atoms with Crippen LogP contribution in [0.2, 0.25) is 0 Å². The molecule has 0 bridgehead atoms. The maximum absolute atomic E-state index is 13.4. The minimum atomic E-state index is -5.67. The van der Waals surface area contributed by atoms with Gasteiger partial charge in [-0.3, -0.25) is 9.78 Å². The molecule has 0 aliphatic carbocycles. The van der Waals surface area contributed by atoms with Crippen LogP contribution in [0, 0.1) is 0 Å². The Hall–Kier alpha value is -3.38. The van der Waals surface area contributed by atoms with Crippen molar-refractivity contribution in [3.63, 3.8) is 0 Å². The molecule has 1 aliphatic rings. The maximum atomic E-state index is 13.4. The van der Waals surface area contributed by atoms with Crippen LogP contribution in [0.25, 0.3) is 17.0 Å². The van der Waals surface area contributed by atoms with E-state index in [0.29, 0.717) is 5.56 Å². The molecule has 164 valence electrons. The molecule has 0 spiro atoms. The summed E-state index contributed by atoms with van der Waals surface area (Å²) >= 11 is 0. The van der Waals surface area contributed by atoms with Crippen molar-refractivity contribution in [2.24, 2.45) is 0 Å². The Labute approximate surface area is 171 Å². The average Bonchev–Trinajstić information content (AvgIpc) is 3.14. The summed E-state index contributed by atoms with van der Waals surface area (Å²) in [6.07, 6.45) is -6.48. The van der Waals surface area contributed by atoms with Crippen molar-refractivity contribution in [1.82, 2.24) is 24.7 Å². The van der Waals surface area contributed by atoms with Gasteiger partial charge < -0.3 is 11.1 Å².